The summed E-state index contributed by atoms with van der Waals surface area (Å²) in [5.41, 5.74) is 3.09. The van der Waals surface area contributed by atoms with E-state index in [-0.39, 0.29) is 0 Å². The molecule has 0 atom stereocenters. The molecule has 0 bridgehead atoms. The molecule has 0 saturated carbocycles. The molecule has 0 fully saturated rings. The maximum atomic E-state index is 5.67. The van der Waals surface area contributed by atoms with Gasteiger partial charge in [-0.15, -0.1) is 0 Å². The second-order valence-corrected chi connectivity index (χ2v) is 4.46. The van der Waals surface area contributed by atoms with E-state index in [1.54, 1.807) is 26.5 Å². The van der Waals surface area contributed by atoms with Gasteiger partial charge in [0, 0.05) is 17.8 Å². The second-order valence-electron chi connectivity index (χ2n) is 4.46. The molecule has 5 heteroatoms. The van der Waals surface area contributed by atoms with E-state index in [1.807, 2.05) is 25.1 Å². The summed E-state index contributed by atoms with van der Waals surface area (Å²) in [6, 6.07) is 7.43. The lowest BCUT2D eigenvalue weighted by Crippen LogP contribution is -1.88. The van der Waals surface area contributed by atoms with Crippen LogP contribution in [0.25, 0.3) is 22.7 Å². The minimum atomic E-state index is 0.496. The van der Waals surface area contributed by atoms with Crippen LogP contribution in [-0.2, 0) is 0 Å². The molecular weight excluding hydrogens is 256 g/mol. The Labute approximate surface area is 116 Å². The van der Waals surface area contributed by atoms with Crippen molar-refractivity contribution in [2.75, 3.05) is 14.2 Å². The monoisotopic (exact) mass is 270 g/mol. The van der Waals surface area contributed by atoms with Crippen LogP contribution in [0.3, 0.4) is 0 Å². The van der Waals surface area contributed by atoms with Crippen LogP contribution >= 0.6 is 0 Å². The summed E-state index contributed by atoms with van der Waals surface area (Å²) in [5.74, 6) is 1.87. The Hall–Kier alpha value is -2.56. The van der Waals surface area contributed by atoms with Gasteiger partial charge >= 0.3 is 0 Å². The number of methoxy groups -OCH3 is 2. The van der Waals surface area contributed by atoms with E-state index >= 15 is 0 Å². The lowest BCUT2D eigenvalue weighted by atomic mass is 10.2. The van der Waals surface area contributed by atoms with Crippen LogP contribution in [0.4, 0.5) is 0 Å². The zero-order chi connectivity index (χ0) is 14.1. The van der Waals surface area contributed by atoms with Gasteiger partial charge in [0.25, 0.3) is 0 Å². The third-order valence-electron chi connectivity index (χ3n) is 2.98. The molecule has 0 saturated heterocycles. The molecule has 0 N–H and O–H groups in total. The summed E-state index contributed by atoms with van der Waals surface area (Å²) in [5, 5.41) is 0. The lowest BCUT2D eigenvalue weighted by molar-refractivity contribution is 0.394. The third kappa shape index (κ3) is 2.18. The molecule has 0 unspecified atom stereocenters. The van der Waals surface area contributed by atoms with Gasteiger partial charge in [0.15, 0.2) is 0 Å². The van der Waals surface area contributed by atoms with Crippen LogP contribution in [0.2, 0.25) is 0 Å². The molecule has 0 spiro atoms. The van der Waals surface area contributed by atoms with Gasteiger partial charge in [-0.25, -0.2) is 9.97 Å². The van der Waals surface area contributed by atoms with Crippen LogP contribution in [0, 0.1) is 6.92 Å². The van der Waals surface area contributed by atoms with Crippen molar-refractivity contribution < 1.29 is 13.9 Å². The van der Waals surface area contributed by atoms with E-state index in [0.717, 1.165) is 16.6 Å². The highest BCUT2D eigenvalue weighted by Crippen LogP contribution is 2.30. The highest BCUT2D eigenvalue weighted by Gasteiger charge is 2.12. The summed E-state index contributed by atoms with van der Waals surface area (Å²) in [4.78, 5) is 8.67. The Balaban J connectivity index is 2.14. The maximum absolute atomic E-state index is 5.67. The average Bonchev–Trinajstić information content (AvgIpc) is 2.89. The average molecular weight is 270 g/mol. The molecule has 3 rings (SSSR count). The maximum Gasteiger partial charge on any atom is 0.247 e. The van der Waals surface area contributed by atoms with Gasteiger partial charge in [-0.3, -0.25) is 0 Å². The number of pyridine rings is 1. The van der Waals surface area contributed by atoms with E-state index in [1.165, 1.54) is 0 Å². The lowest BCUT2D eigenvalue weighted by Gasteiger charge is -2.05. The van der Waals surface area contributed by atoms with Crippen molar-refractivity contribution in [1.29, 1.82) is 0 Å². The first kappa shape index (κ1) is 12.5. The topological polar surface area (TPSA) is 57.4 Å². The highest BCUT2D eigenvalue weighted by atomic mass is 16.5. The predicted molar refractivity (Wildman–Crippen MR) is 75.1 cm³/mol. The van der Waals surface area contributed by atoms with Crippen LogP contribution < -0.4 is 9.47 Å². The highest BCUT2D eigenvalue weighted by molar-refractivity contribution is 5.73. The standard InChI is InChI=1S/C15H14N2O3/c1-9-4-13-15(16-8-9)20-14(17-13)10-5-11(18-2)7-12(6-10)19-3/h4-8H,1-3H3. The zero-order valence-electron chi connectivity index (χ0n) is 11.5. The van der Waals surface area contributed by atoms with E-state index in [4.69, 9.17) is 13.9 Å². The molecular formula is C15H14N2O3. The summed E-state index contributed by atoms with van der Waals surface area (Å²) in [6.07, 6.45) is 1.75. The molecule has 1 aromatic carbocycles. The molecule has 5 nitrogen and oxygen atoms in total. The molecule has 20 heavy (non-hydrogen) atoms. The van der Waals surface area contributed by atoms with Crippen molar-refractivity contribution in [3.63, 3.8) is 0 Å². The number of benzene rings is 1. The Morgan fingerprint density at radius 2 is 1.70 bits per heavy atom. The van der Waals surface area contributed by atoms with Gasteiger partial charge in [0.05, 0.1) is 14.2 Å². The molecule has 2 aromatic heterocycles. The first-order valence-corrected chi connectivity index (χ1v) is 6.16. The van der Waals surface area contributed by atoms with Crippen molar-refractivity contribution in [2.45, 2.75) is 6.92 Å². The molecule has 3 aromatic rings. The smallest absolute Gasteiger partial charge is 0.247 e. The minimum absolute atomic E-state index is 0.496. The summed E-state index contributed by atoms with van der Waals surface area (Å²) < 4.78 is 16.2. The van der Waals surface area contributed by atoms with Gasteiger partial charge in [-0.1, -0.05) is 0 Å². The van der Waals surface area contributed by atoms with Crippen molar-refractivity contribution in [3.8, 4) is 23.0 Å². The van der Waals surface area contributed by atoms with Crippen molar-refractivity contribution in [3.05, 3.63) is 36.0 Å². The van der Waals surface area contributed by atoms with Crippen molar-refractivity contribution in [2.24, 2.45) is 0 Å². The fraction of sp³-hybridized carbons (Fsp3) is 0.200. The molecule has 102 valence electrons. The number of fused-ring (bicyclic) bond motifs is 1. The van der Waals surface area contributed by atoms with Crippen LogP contribution in [0.5, 0.6) is 11.5 Å². The largest absolute Gasteiger partial charge is 0.497 e. The van der Waals surface area contributed by atoms with Gasteiger partial charge in [-0.2, -0.15) is 0 Å². The number of hydrogen-bond donors (Lipinski definition) is 0. The first-order chi connectivity index (χ1) is 9.69. The Morgan fingerprint density at radius 3 is 2.35 bits per heavy atom. The number of oxazole rings is 1. The van der Waals surface area contributed by atoms with E-state index in [0.29, 0.717) is 23.1 Å². The zero-order valence-corrected chi connectivity index (χ0v) is 11.5. The van der Waals surface area contributed by atoms with Crippen molar-refractivity contribution in [1.82, 2.24) is 9.97 Å². The number of aromatic nitrogens is 2. The molecule has 0 radical (unpaired) electrons. The van der Waals surface area contributed by atoms with Crippen LogP contribution in [0.15, 0.2) is 34.9 Å². The van der Waals surface area contributed by atoms with Crippen LogP contribution in [0.1, 0.15) is 5.56 Å². The van der Waals surface area contributed by atoms with Crippen molar-refractivity contribution >= 4 is 11.2 Å². The predicted octanol–water partition coefficient (Wildman–Crippen LogP) is 3.22. The molecule has 0 aliphatic rings. The van der Waals surface area contributed by atoms with E-state index < -0.39 is 0 Å². The Morgan fingerprint density at radius 1 is 1.00 bits per heavy atom. The van der Waals surface area contributed by atoms with Gasteiger partial charge in [-0.05, 0) is 30.7 Å². The number of nitrogens with zero attached hydrogens (tertiary/aromatic N) is 2. The fourth-order valence-corrected chi connectivity index (χ4v) is 1.98. The quantitative estimate of drug-likeness (QED) is 0.731. The Bertz CT molecular complexity index is 743. The normalized spacial score (nSPS) is 10.8. The number of aryl methyl sites for hydroxylation is 1. The second kappa shape index (κ2) is 4.85. The Kier molecular flexibility index (Phi) is 3.02. The summed E-state index contributed by atoms with van der Waals surface area (Å²) in [7, 11) is 3.21. The summed E-state index contributed by atoms with van der Waals surface area (Å²) >= 11 is 0. The number of rotatable bonds is 3. The van der Waals surface area contributed by atoms with E-state index in [9.17, 15) is 0 Å². The first-order valence-electron chi connectivity index (χ1n) is 6.16. The van der Waals surface area contributed by atoms with Gasteiger partial charge in [0.2, 0.25) is 11.6 Å². The minimum Gasteiger partial charge on any atom is -0.497 e. The van der Waals surface area contributed by atoms with Gasteiger partial charge < -0.3 is 13.9 Å². The fourth-order valence-electron chi connectivity index (χ4n) is 1.98. The number of hydrogen-bond acceptors (Lipinski definition) is 5. The number of ether oxygens (including phenoxy) is 2. The molecule has 0 aliphatic carbocycles. The molecule has 0 amide bonds. The summed E-state index contributed by atoms with van der Waals surface area (Å²) in [6.45, 7) is 1.97. The molecule has 0 aliphatic heterocycles. The third-order valence-corrected chi connectivity index (χ3v) is 2.98. The van der Waals surface area contributed by atoms with E-state index in [2.05, 4.69) is 9.97 Å². The molecule has 2 heterocycles. The SMILES string of the molecule is COc1cc(OC)cc(-c2nc3cc(C)cnc3o2)c1. The van der Waals surface area contributed by atoms with Gasteiger partial charge in [0.1, 0.15) is 17.0 Å². The van der Waals surface area contributed by atoms with Crippen LogP contribution in [-0.4, -0.2) is 24.2 Å².